The van der Waals surface area contributed by atoms with Crippen LogP contribution in [0.3, 0.4) is 0 Å². The molecular formula is C12H9IN2O2. The lowest BCUT2D eigenvalue weighted by atomic mass is 10.1. The Kier molecular flexibility index (Phi) is 2.44. The van der Waals surface area contributed by atoms with E-state index in [0.717, 1.165) is 3.57 Å². The van der Waals surface area contributed by atoms with Crippen molar-refractivity contribution in [3.05, 3.63) is 51.4 Å². The van der Waals surface area contributed by atoms with E-state index in [0.29, 0.717) is 16.9 Å². The highest BCUT2D eigenvalue weighted by atomic mass is 127. The average molecular weight is 340 g/mol. The second kappa shape index (κ2) is 3.85. The van der Waals surface area contributed by atoms with Crippen LogP contribution in [0.5, 0.6) is 0 Å². The summed E-state index contributed by atoms with van der Waals surface area (Å²) in [6.45, 7) is 0. The van der Waals surface area contributed by atoms with Gasteiger partial charge in [-0.25, -0.2) is 0 Å². The number of nitrogens with zero attached hydrogens (tertiary/aromatic N) is 1. The molecule has 0 unspecified atom stereocenters. The van der Waals surface area contributed by atoms with Crippen molar-refractivity contribution in [2.45, 2.75) is 6.23 Å². The Bertz CT molecular complexity index is 606. The Morgan fingerprint density at radius 2 is 2.18 bits per heavy atom. The van der Waals surface area contributed by atoms with Crippen molar-refractivity contribution in [3.8, 4) is 0 Å². The fourth-order valence-electron chi connectivity index (χ4n) is 1.97. The maximum Gasteiger partial charge on any atom is 0.264 e. The van der Waals surface area contributed by atoms with Gasteiger partial charge in [-0.15, -0.1) is 0 Å². The molecule has 0 saturated carbocycles. The highest BCUT2D eigenvalue weighted by Gasteiger charge is 2.24. The van der Waals surface area contributed by atoms with Crippen LogP contribution >= 0.6 is 22.6 Å². The van der Waals surface area contributed by atoms with Crippen LogP contribution in [0.1, 0.15) is 22.3 Å². The molecule has 0 amide bonds. The lowest BCUT2D eigenvalue weighted by molar-refractivity contribution is 0.0950. The topological polar surface area (TPSA) is 54.3 Å². The van der Waals surface area contributed by atoms with Crippen LogP contribution in [-0.2, 0) is 0 Å². The molecule has 17 heavy (non-hydrogen) atoms. The molecule has 5 heteroatoms. The number of aromatic nitrogens is 1. The van der Waals surface area contributed by atoms with Gasteiger partial charge in [-0.2, -0.15) is 0 Å². The van der Waals surface area contributed by atoms with Crippen LogP contribution in [0.25, 0.3) is 0 Å². The predicted octanol–water partition coefficient (Wildman–Crippen LogP) is 2.20. The van der Waals surface area contributed by atoms with Crippen LogP contribution in [0.15, 0.2) is 36.5 Å². The molecule has 2 heterocycles. The summed E-state index contributed by atoms with van der Waals surface area (Å²) in [6.07, 6.45) is 0.799. The van der Waals surface area contributed by atoms with E-state index >= 15 is 0 Å². The van der Waals surface area contributed by atoms with Crippen molar-refractivity contribution < 1.29 is 9.90 Å². The van der Waals surface area contributed by atoms with Gasteiger partial charge in [-0.1, -0.05) is 0 Å². The standard InChI is InChI=1S/C12H9IN2O2/c13-7-3-4-9-8(6-7)12(17)15-5-1-2-10(15)11(16)14-9/h1-6,11,14,16H/t11-/m1/s1. The van der Waals surface area contributed by atoms with Crippen LogP contribution in [-0.4, -0.2) is 15.6 Å². The Hall–Kier alpha value is -1.34. The molecule has 0 radical (unpaired) electrons. The molecule has 3 rings (SSSR count). The third kappa shape index (κ3) is 1.66. The number of anilines is 1. The van der Waals surface area contributed by atoms with Gasteiger partial charge in [-0.05, 0) is 52.9 Å². The molecule has 2 N–H and O–H groups in total. The lowest BCUT2D eigenvalue weighted by Crippen LogP contribution is -2.14. The van der Waals surface area contributed by atoms with Gasteiger partial charge in [0.25, 0.3) is 5.91 Å². The number of halogens is 1. The first-order chi connectivity index (χ1) is 8.16. The molecule has 0 saturated heterocycles. The maximum atomic E-state index is 12.3. The van der Waals surface area contributed by atoms with Crippen molar-refractivity contribution in [1.29, 1.82) is 0 Å². The summed E-state index contributed by atoms with van der Waals surface area (Å²) < 4.78 is 2.46. The fraction of sp³-hybridized carbons (Fsp3) is 0.0833. The second-order valence-electron chi connectivity index (χ2n) is 3.84. The van der Waals surface area contributed by atoms with Gasteiger partial charge in [0.2, 0.25) is 0 Å². The SMILES string of the molecule is O=C1c2cc(I)ccc2N[C@H](O)c2cccn21. The molecule has 0 spiro atoms. The second-order valence-corrected chi connectivity index (χ2v) is 5.09. The van der Waals surface area contributed by atoms with E-state index in [4.69, 9.17) is 0 Å². The van der Waals surface area contributed by atoms with E-state index in [2.05, 4.69) is 27.9 Å². The van der Waals surface area contributed by atoms with Crippen molar-refractivity contribution in [3.63, 3.8) is 0 Å². The molecule has 1 atom stereocenters. The fourth-order valence-corrected chi connectivity index (χ4v) is 2.46. The molecule has 1 aromatic heterocycles. The predicted molar refractivity (Wildman–Crippen MR) is 71.9 cm³/mol. The van der Waals surface area contributed by atoms with Crippen molar-refractivity contribution >= 4 is 34.2 Å². The number of carbonyl (C=O) groups excluding carboxylic acids is 1. The van der Waals surface area contributed by atoms with Gasteiger partial charge in [0, 0.05) is 15.5 Å². The Morgan fingerprint density at radius 3 is 3.00 bits per heavy atom. The molecule has 1 aromatic carbocycles. The molecule has 1 aliphatic heterocycles. The number of aliphatic hydroxyl groups is 1. The number of carbonyl (C=O) groups is 1. The first-order valence-electron chi connectivity index (χ1n) is 5.13. The first kappa shape index (κ1) is 10.8. The number of benzene rings is 1. The summed E-state index contributed by atoms with van der Waals surface area (Å²) >= 11 is 2.16. The number of nitrogens with one attached hydrogen (secondary N) is 1. The third-order valence-corrected chi connectivity index (χ3v) is 3.45. The Labute approximate surface area is 111 Å². The molecule has 1 aliphatic rings. The van der Waals surface area contributed by atoms with Crippen LogP contribution < -0.4 is 5.32 Å². The molecule has 4 nitrogen and oxygen atoms in total. The van der Waals surface area contributed by atoms with E-state index in [1.807, 2.05) is 18.2 Å². The van der Waals surface area contributed by atoms with Crippen LogP contribution in [0.4, 0.5) is 5.69 Å². The molecule has 0 aliphatic carbocycles. The van der Waals surface area contributed by atoms with Gasteiger partial charge in [0.05, 0.1) is 11.3 Å². The number of hydrogen-bond donors (Lipinski definition) is 2. The third-order valence-electron chi connectivity index (χ3n) is 2.78. The molecule has 0 bridgehead atoms. The van der Waals surface area contributed by atoms with Crippen molar-refractivity contribution in [2.75, 3.05) is 5.32 Å². The van der Waals surface area contributed by atoms with Gasteiger partial charge in [-0.3, -0.25) is 9.36 Å². The zero-order valence-corrected chi connectivity index (χ0v) is 10.9. The van der Waals surface area contributed by atoms with Crippen molar-refractivity contribution in [1.82, 2.24) is 4.57 Å². The van der Waals surface area contributed by atoms with Gasteiger partial charge in [0.15, 0.2) is 6.23 Å². The maximum absolute atomic E-state index is 12.3. The average Bonchev–Trinajstić information content (AvgIpc) is 2.76. The minimum absolute atomic E-state index is 0.123. The van der Waals surface area contributed by atoms with E-state index in [9.17, 15) is 9.90 Å². The summed E-state index contributed by atoms with van der Waals surface area (Å²) in [6, 6.07) is 8.99. The van der Waals surface area contributed by atoms with E-state index in [1.54, 1.807) is 18.3 Å². The van der Waals surface area contributed by atoms with E-state index in [-0.39, 0.29) is 5.91 Å². The number of aliphatic hydroxyl groups excluding tert-OH is 1. The zero-order valence-electron chi connectivity index (χ0n) is 8.72. The van der Waals surface area contributed by atoms with Gasteiger partial charge < -0.3 is 10.4 Å². The summed E-state index contributed by atoms with van der Waals surface area (Å²) in [4.78, 5) is 12.3. The van der Waals surface area contributed by atoms with E-state index < -0.39 is 6.23 Å². The minimum atomic E-state index is -0.865. The quantitative estimate of drug-likeness (QED) is 0.723. The van der Waals surface area contributed by atoms with Crippen LogP contribution in [0.2, 0.25) is 0 Å². The van der Waals surface area contributed by atoms with Crippen LogP contribution in [0, 0.1) is 3.57 Å². The number of hydrogen-bond acceptors (Lipinski definition) is 3. The summed E-state index contributed by atoms with van der Waals surface area (Å²) in [5.74, 6) is -0.123. The zero-order chi connectivity index (χ0) is 12.0. The van der Waals surface area contributed by atoms with Gasteiger partial charge >= 0.3 is 0 Å². The monoisotopic (exact) mass is 340 g/mol. The highest BCUT2D eigenvalue weighted by molar-refractivity contribution is 14.1. The number of rotatable bonds is 0. The molecule has 86 valence electrons. The first-order valence-corrected chi connectivity index (χ1v) is 6.21. The lowest BCUT2D eigenvalue weighted by Gasteiger charge is -2.11. The largest absolute Gasteiger partial charge is 0.368 e. The normalized spacial score (nSPS) is 18.0. The Balaban J connectivity index is 2.25. The summed E-state index contributed by atoms with van der Waals surface area (Å²) in [5.41, 5.74) is 1.79. The van der Waals surface area contributed by atoms with Crippen molar-refractivity contribution in [2.24, 2.45) is 0 Å². The molecule has 0 fully saturated rings. The number of fused-ring (bicyclic) bond motifs is 2. The summed E-state index contributed by atoms with van der Waals surface area (Å²) in [7, 11) is 0. The van der Waals surface area contributed by atoms with Gasteiger partial charge in [0.1, 0.15) is 0 Å². The summed E-state index contributed by atoms with van der Waals surface area (Å²) in [5, 5.41) is 12.9. The van der Waals surface area contributed by atoms with E-state index in [1.165, 1.54) is 4.57 Å². The molecule has 2 aromatic rings. The molecular weight excluding hydrogens is 331 g/mol. The highest BCUT2D eigenvalue weighted by Crippen LogP contribution is 2.28. The smallest absolute Gasteiger partial charge is 0.264 e. The Morgan fingerprint density at radius 1 is 1.35 bits per heavy atom. The minimum Gasteiger partial charge on any atom is -0.368 e.